The van der Waals surface area contributed by atoms with Crippen LogP contribution in [0, 0.1) is 0 Å². The van der Waals surface area contributed by atoms with Gasteiger partial charge in [0.1, 0.15) is 5.56 Å². The second-order valence-corrected chi connectivity index (χ2v) is 6.63. The van der Waals surface area contributed by atoms with Crippen LogP contribution >= 0.6 is 11.3 Å². The van der Waals surface area contributed by atoms with Crippen molar-refractivity contribution < 1.29 is 9.90 Å². The first kappa shape index (κ1) is 16.3. The number of nitrogens with one attached hydrogen (secondary N) is 1. The summed E-state index contributed by atoms with van der Waals surface area (Å²) in [5, 5.41) is 19.3. The molecule has 1 aromatic carbocycles. The zero-order valence-corrected chi connectivity index (χ0v) is 14.8. The van der Waals surface area contributed by atoms with Crippen LogP contribution in [0.25, 0.3) is 27.2 Å². The van der Waals surface area contributed by atoms with Crippen LogP contribution in [0.1, 0.15) is 17.3 Å². The van der Waals surface area contributed by atoms with E-state index in [-0.39, 0.29) is 17.4 Å². The largest absolute Gasteiger partial charge is 0.493 e. The summed E-state index contributed by atoms with van der Waals surface area (Å²) >= 11 is 1.59. The van der Waals surface area contributed by atoms with Crippen molar-refractivity contribution in [3.8, 4) is 27.4 Å². The molecule has 0 bridgehead atoms. The predicted molar refractivity (Wildman–Crippen MR) is 101 cm³/mol. The van der Waals surface area contributed by atoms with Crippen LogP contribution in [0.2, 0.25) is 0 Å². The first-order valence-corrected chi connectivity index (χ1v) is 9.05. The molecule has 0 unspecified atom stereocenters. The molecule has 0 aliphatic heterocycles. The number of hydrogen-bond acceptors (Lipinski definition) is 5. The van der Waals surface area contributed by atoms with Gasteiger partial charge >= 0.3 is 0 Å². The van der Waals surface area contributed by atoms with E-state index in [0.717, 1.165) is 21.6 Å². The molecule has 3 heterocycles. The number of carbonyl (C=O) groups excluding carboxylic acids is 1. The number of thiophene rings is 1. The van der Waals surface area contributed by atoms with E-state index >= 15 is 0 Å². The number of carbonyl (C=O) groups is 1. The number of fused-ring (bicyclic) bond motifs is 1. The van der Waals surface area contributed by atoms with Gasteiger partial charge in [0.25, 0.3) is 5.91 Å². The van der Waals surface area contributed by atoms with Crippen LogP contribution in [-0.2, 0) is 0 Å². The molecule has 6 nitrogen and oxygen atoms in total. The Morgan fingerprint density at radius 3 is 2.81 bits per heavy atom. The number of nitrogens with zero attached hydrogens (tertiary/aromatic N) is 3. The molecule has 4 rings (SSSR count). The molecule has 1 amide bonds. The zero-order chi connectivity index (χ0) is 18.1. The Labute approximate surface area is 153 Å². The standard InChI is InChI=1S/C19H16N4O2S/c1-2-20-18(24)15-9-21-17-14(10-22-23(17)19(15)25)16-8-13(11-26-16)12-6-4-3-5-7-12/h3-11,25H,2H2,1H3,(H,20,24). The third kappa shape index (κ3) is 2.72. The van der Waals surface area contributed by atoms with Gasteiger partial charge in [-0.1, -0.05) is 30.3 Å². The van der Waals surface area contributed by atoms with Crippen molar-refractivity contribution in [3.63, 3.8) is 0 Å². The first-order valence-electron chi connectivity index (χ1n) is 8.17. The van der Waals surface area contributed by atoms with Gasteiger partial charge < -0.3 is 10.4 Å². The molecule has 0 atom stereocenters. The number of aromatic nitrogens is 3. The number of rotatable bonds is 4. The van der Waals surface area contributed by atoms with E-state index in [4.69, 9.17) is 0 Å². The normalized spacial score (nSPS) is 11.0. The molecule has 0 spiro atoms. The maximum atomic E-state index is 12.0. The Balaban J connectivity index is 1.76. The fourth-order valence-electron chi connectivity index (χ4n) is 2.77. The molecule has 7 heteroatoms. The van der Waals surface area contributed by atoms with Crippen molar-refractivity contribution in [2.24, 2.45) is 0 Å². The van der Waals surface area contributed by atoms with Crippen molar-refractivity contribution in [3.05, 3.63) is 59.7 Å². The topological polar surface area (TPSA) is 79.5 Å². The minimum Gasteiger partial charge on any atom is -0.493 e. The highest BCUT2D eigenvalue weighted by Crippen LogP contribution is 2.35. The molecule has 0 aliphatic rings. The van der Waals surface area contributed by atoms with Crippen LogP contribution < -0.4 is 5.32 Å². The van der Waals surface area contributed by atoms with E-state index in [0.29, 0.717) is 12.2 Å². The molecular formula is C19H16N4O2S. The van der Waals surface area contributed by atoms with E-state index in [2.05, 4.69) is 39.0 Å². The summed E-state index contributed by atoms with van der Waals surface area (Å²) in [4.78, 5) is 17.3. The average Bonchev–Trinajstić information content (AvgIpc) is 3.30. The fraction of sp³-hybridized carbons (Fsp3) is 0.105. The van der Waals surface area contributed by atoms with E-state index in [9.17, 15) is 9.90 Å². The Morgan fingerprint density at radius 2 is 2.04 bits per heavy atom. The lowest BCUT2D eigenvalue weighted by Gasteiger charge is -2.05. The molecule has 130 valence electrons. The Bertz CT molecular complexity index is 1090. The van der Waals surface area contributed by atoms with Crippen molar-refractivity contribution in [1.29, 1.82) is 0 Å². The van der Waals surface area contributed by atoms with Crippen LogP contribution in [0.5, 0.6) is 5.88 Å². The second kappa shape index (κ2) is 6.61. The van der Waals surface area contributed by atoms with E-state index in [1.165, 1.54) is 10.7 Å². The number of hydrogen-bond donors (Lipinski definition) is 2. The van der Waals surface area contributed by atoms with Crippen molar-refractivity contribution in [2.45, 2.75) is 6.92 Å². The summed E-state index contributed by atoms with van der Waals surface area (Å²) in [6.07, 6.45) is 3.04. The number of benzene rings is 1. The van der Waals surface area contributed by atoms with Gasteiger partial charge in [0.15, 0.2) is 5.65 Å². The summed E-state index contributed by atoms with van der Waals surface area (Å²) in [6, 6.07) is 12.2. The van der Waals surface area contributed by atoms with Crippen LogP contribution in [0.3, 0.4) is 0 Å². The molecule has 3 aromatic heterocycles. The molecule has 0 saturated heterocycles. The maximum absolute atomic E-state index is 12.0. The van der Waals surface area contributed by atoms with Crippen molar-refractivity contribution >= 4 is 22.9 Å². The quantitative estimate of drug-likeness (QED) is 0.580. The lowest BCUT2D eigenvalue weighted by Crippen LogP contribution is -2.23. The van der Waals surface area contributed by atoms with Gasteiger partial charge in [0.2, 0.25) is 5.88 Å². The highest BCUT2D eigenvalue weighted by atomic mass is 32.1. The van der Waals surface area contributed by atoms with Gasteiger partial charge in [0.05, 0.1) is 11.8 Å². The number of amides is 1. The molecular weight excluding hydrogens is 348 g/mol. The van der Waals surface area contributed by atoms with Gasteiger partial charge in [-0.25, -0.2) is 4.98 Å². The molecule has 2 N–H and O–H groups in total. The van der Waals surface area contributed by atoms with Crippen LogP contribution in [0.15, 0.2) is 54.2 Å². The smallest absolute Gasteiger partial charge is 0.258 e. The van der Waals surface area contributed by atoms with Crippen LogP contribution in [0.4, 0.5) is 0 Å². The zero-order valence-electron chi connectivity index (χ0n) is 14.0. The van der Waals surface area contributed by atoms with Gasteiger partial charge in [-0.3, -0.25) is 4.79 Å². The van der Waals surface area contributed by atoms with Crippen LogP contribution in [-0.4, -0.2) is 32.2 Å². The monoisotopic (exact) mass is 364 g/mol. The molecule has 26 heavy (non-hydrogen) atoms. The van der Waals surface area contributed by atoms with E-state index in [1.807, 2.05) is 25.1 Å². The SMILES string of the molecule is CCNC(=O)c1cnc2c(-c3cc(-c4ccccc4)cs3)cnn2c1O. The Kier molecular flexibility index (Phi) is 4.14. The van der Waals surface area contributed by atoms with Gasteiger partial charge in [-0.15, -0.1) is 11.3 Å². The lowest BCUT2D eigenvalue weighted by atomic mass is 10.1. The Hall–Kier alpha value is -3.19. The third-order valence-electron chi connectivity index (χ3n) is 4.06. The molecule has 0 radical (unpaired) electrons. The molecule has 0 fully saturated rings. The minimum absolute atomic E-state index is 0.102. The predicted octanol–water partition coefficient (Wildman–Crippen LogP) is 3.58. The van der Waals surface area contributed by atoms with E-state index in [1.54, 1.807) is 17.5 Å². The van der Waals surface area contributed by atoms with Crippen molar-refractivity contribution in [1.82, 2.24) is 19.9 Å². The maximum Gasteiger partial charge on any atom is 0.258 e. The highest BCUT2D eigenvalue weighted by Gasteiger charge is 2.18. The lowest BCUT2D eigenvalue weighted by molar-refractivity contribution is 0.0951. The first-order chi connectivity index (χ1) is 12.7. The molecule has 4 aromatic rings. The fourth-order valence-corrected chi connectivity index (χ4v) is 3.69. The second-order valence-electron chi connectivity index (χ2n) is 5.71. The molecule has 0 saturated carbocycles. The minimum atomic E-state index is -0.376. The summed E-state index contributed by atoms with van der Waals surface area (Å²) in [6.45, 7) is 2.28. The van der Waals surface area contributed by atoms with Gasteiger partial charge in [0, 0.05) is 17.6 Å². The summed E-state index contributed by atoms with van der Waals surface area (Å²) in [7, 11) is 0. The van der Waals surface area contributed by atoms with Gasteiger partial charge in [-0.05, 0) is 29.5 Å². The summed E-state index contributed by atoms with van der Waals surface area (Å²) in [5.41, 5.74) is 3.69. The number of aromatic hydroxyl groups is 1. The third-order valence-corrected chi connectivity index (χ3v) is 5.02. The van der Waals surface area contributed by atoms with Crippen molar-refractivity contribution in [2.75, 3.05) is 6.54 Å². The Morgan fingerprint density at radius 1 is 1.23 bits per heavy atom. The summed E-state index contributed by atoms with van der Waals surface area (Å²) < 4.78 is 1.29. The van der Waals surface area contributed by atoms with Gasteiger partial charge in [-0.2, -0.15) is 9.61 Å². The average molecular weight is 364 g/mol. The highest BCUT2D eigenvalue weighted by molar-refractivity contribution is 7.14. The molecule has 0 aliphatic carbocycles. The summed E-state index contributed by atoms with van der Waals surface area (Å²) in [5.74, 6) is -0.592. The van der Waals surface area contributed by atoms with E-state index < -0.39 is 0 Å².